The number of hydrogen-bond acceptors (Lipinski definition) is 2. The van der Waals surface area contributed by atoms with Gasteiger partial charge in [-0.05, 0) is 43.4 Å². The highest BCUT2D eigenvalue weighted by atomic mass is 19.1. The highest BCUT2D eigenvalue weighted by Gasteiger charge is 2.40. The number of benzene rings is 1. The molecule has 0 amide bonds. The van der Waals surface area contributed by atoms with Crippen molar-refractivity contribution in [2.45, 2.75) is 37.5 Å². The van der Waals surface area contributed by atoms with Crippen molar-refractivity contribution < 1.29 is 18.3 Å². The number of nitrogens with one attached hydrogen (secondary N) is 1. The Hall–Kier alpha value is -2.17. The minimum Gasteiger partial charge on any atom is -0.469 e. The van der Waals surface area contributed by atoms with Crippen LogP contribution in [-0.2, 0) is 21.4 Å². The summed E-state index contributed by atoms with van der Waals surface area (Å²) < 4.78 is 33.2. The number of aromatic amines is 1. The number of fused-ring (bicyclic) bond motifs is 3. The summed E-state index contributed by atoms with van der Waals surface area (Å²) in [6.45, 7) is 3.78. The van der Waals surface area contributed by atoms with E-state index in [-0.39, 0.29) is 17.9 Å². The van der Waals surface area contributed by atoms with Crippen molar-refractivity contribution in [3.8, 4) is 0 Å². The minimum absolute atomic E-state index is 0.165. The Labute approximate surface area is 133 Å². The first kappa shape index (κ1) is 15.7. The number of methoxy groups -OCH3 is 1. The quantitative estimate of drug-likeness (QED) is 0.679. The minimum atomic E-state index is -0.541. The van der Waals surface area contributed by atoms with Gasteiger partial charge in [-0.15, -0.1) is 6.58 Å². The van der Waals surface area contributed by atoms with Crippen LogP contribution in [0.15, 0.2) is 24.8 Å². The van der Waals surface area contributed by atoms with E-state index >= 15 is 0 Å². The largest absolute Gasteiger partial charge is 0.469 e. The third-order valence-electron chi connectivity index (χ3n) is 4.82. The normalized spacial score (nSPS) is 20.3. The van der Waals surface area contributed by atoms with Crippen molar-refractivity contribution in [2.24, 2.45) is 0 Å². The SMILES string of the molecule is C=CCC1(CC(=O)OC)CCCc2c1[nH]c1c(F)ccc(F)c21. The van der Waals surface area contributed by atoms with Crippen LogP contribution >= 0.6 is 0 Å². The third kappa shape index (κ3) is 2.44. The Kier molecular flexibility index (Phi) is 3.96. The number of allylic oxidation sites excluding steroid dienone is 1. The fourth-order valence-corrected chi connectivity index (χ4v) is 3.80. The van der Waals surface area contributed by atoms with Crippen molar-refractivity contribution >= 4 is 16.9 Å². The predicted molar refractivity (Wildman–Crippen MR) is 84.3 cm³/mol. The van der Waals surface area contributed by atoms with Crippen molar-refractivity contribution in [1.82, 2.24) is 4.98 Å². The molecule has 1 N–H and O–H groups in total. The van der Waals surface area contributed by atoms with Crippen molar-refractivity contribution in [3.05, 3.63) is 47.7 Å². The highest BCUT2D eigenvalue weighted by Crippen LogP contribution is 2.46. The summed E-state index contributed by atoms with van der Waals surface area (Å²) in [5.74, 6) is -1.26. The molecule has 0 saturated heterocycles. The summed E-state index contributed by atoms with van der Waals surface area (Å²) in [5.41, 5.74) is 1.15. The third-order valence-corrected chi connectivity index (χ3v) is 4.82. The molecule has 0 aliphatic heterocycles. The molecule has 0 bridgehead atoms. The van der Waals surface area contributed by atoms with E-state index in [4.69, 9.17) is 4.74 Å². The van der Waals surface area contributed by atoms with E-state index in [9.17, 15) is 13.6 Å². The lowest BCUT2D eigenvalue weighted by atomic mass is 9.69. The average molecular weight is 319 g/mol. The lowest BCUT2D eigenvalue weighted by Crippen LogP contribution is -2.33. The summed E-state index contributed by atoms with van der Waals surface area (Å²) in [6, 6.07) is 2.27. The molecular formula is C18H19F2NO2. The number of aromatic nitrogens is 1. The van der Waals surface area contributed by atoms with Gasteiger partial charge in [0.15, 0.2) is 0 Å². The molecule has 0 fully saturated rings. The van der Waals surface area contributed by atoms with Gasteiger partial charge < -0.3 is 9.72 Å². The number of carbonyl (C=O) groups excluding carboxylic acids is 1. The van der Waals surface area contributed by atoms with E-state index in [1.54, 1.807) is 6.08 Å². The zero-order valence-corrected chi connectivity index (χ0v) is 13.0. The van der Waals surface area contributed by atoms with Gasteiger partial charge >= 0.3 is 5.97 Å². The Bertz CT molecular complexity index is 781. The molecular weight excluding hydrogens is 300 g/mol. The van der Waals surface area contributed by atoms with Gasteiger partial charge in [-0.25, -0.2) is 8.78 Å². The van der Waals surface area contributed by atoms with Crippen LogP contribution in [0.5, 0.6) is 0 Å². The standard InChI is InChI=1S/C18H19F2NO2/c1-3-8-18(10-14(22)23-2)9-4-5-11-15-12(19)6-7-13(20)16(15)21-17(11)18/h3,6-7,21H,1,4-5,8-10H2,2H3. The van der Waals surface area contributed by atoms with Crippen molar-refractivity contribution in [1.29, 1.82) is 0 Å². The zero-order valence-electron chi connectivity index (χ0n) is 13.0. The Balaban J connectivity index is 2.24. The second kappa shape index (κ2) is 5.80. The first-order chi connectivity index (χ1) is 11.0. The number of halogens is 2. The van der Waals surface area contributed by atoms with Crippen LogP contribution in [0, 0.1) is 11.6 Å². The summed E-state index contributed by atoms with van der Waals surface area (Å²) >= 11 is 0. The topological polar surface area (TPSA) is 42.1 Å². The number of esters is 1. The van der Waals surface area contributed by atoms with E-state index < -0.39 is 17.0 Å². The molecule has 1 aliphatic carbocycles. The van der Waals surface area contributed by atoms with Gasteiger partial charge in [0.1, 0.15) is 11.6 Å². The summed E-state index contributed by atoms with van der Waals surface area (Å²) in [6.07, 6.45) is 4.67. The Morgan fingerprint density at radius 1 is 1.43 bits per heavy atom. The zero-order chi connectivity index (χ0) is 16.6. The molecule has 0 saturated carbocycles. The van der Waals surface area contributed by atoms with Crippen LogP contribution in [0.2, 0.25) is 0 Å². The molecule has 23 heavy (non-hydrogen) atoms. The summed E-state index contributed by atoms with van der Waals surface area (Å²) in [5, 5.41) is 0.304. The van der Waals surface area contributed by atoms with Crippen molar-refractivity contribution in [2.75, 3.05) is 7.11 Å². The number of ether oxygens (including phenoxy) is 1. The molecule has 1 aromatic carbocycles. The number of hydrogen-bond donors (Lipinski definition) is 1. The molecule has 0 radical (unpaired) electrons. The van der Waals surface area contributed by atoms with Gasteiger partial charge in [-0.2, -0.15) is 0 Å². The molecule has 3 rings (SSSR count). The van der Waals surface area contributed by atoms with Crippen LogP contribution in [0.1, 0.15) is 36.9 Å². The van der Waals surface area contributed by atoms with E-state index in [2.05, 4.69) is 11.6 Å². The first-order valence-electron chi connectivity index (χ1n) is 7.69. The lowest BCUT2D eigenvalue weighted by molar-refractivity contribution is -0.142. The lowest BCUT2D eigenvalue weighted by Gasteiger charge is -2.36. The smallest absolute Gasteiger partial charge is 0.306 e. The van der Waals surface area contributed by atoms with Gasteiger partial charge in [0.2, 0.25) is 0 Å². The van der Waals surface area contributed by atoms with Crippen LogP contribution < -0.4 is 0 Å². The van der Waals surface area contributed by atoms with Gasteiger partial charge in [0.25, 0.3) is 0 Å². The second-order valence-corrected chi connectivity index (χ2v) is 6.14. The van der Waals surface area contributed by atoms with Gasteiger partial charge in [-0.3, -0.25) is 4.79 Å². The fourth-order valence-electron chi connectivity index (χ4n) is 3.80. The predicted octanol–water partition coefficient (Wildman–Crippen LogP) is 4.16. The number of rotatable bonds is 4. The average Bonchev–Trinajstić information content (AvgIpc) is 2.94. The van der Waals surface area contributed by atoms with Gasteiger partial charge in [0, 0.05) is 16.5 Å². The second-order valence-electron chi connectivity index (χ2n) is 6.14. The summed E-state index contributed by atoms with van der Waals surface area (Å²) in [4.78, 5) is 15.0. The monoisotopic (exact) mass is 319 g/mol. The molecule has 1 unspecified atom stereocenters. The molecule has 2 aromatic rings. The van der Waals surface area contributed by atoms with Gasteiger partial charge in [0.05, 0.1) is 19.0 Å². The van der Waals surface area contributed by atoms with Crippen molar-refractivity contribution in [3.63, 3.8) is 0 Å². The molecule has 122 valence electrons. The van der Waals surface area contributed by atoms with E-state index in [1.807, 2.05) is 0 Å². The first-order valence-corrected chi connectivity index (χ1v) is 7.69. The number of aryl methyl sites for hydroxylation is 1. The maximum atomic E-state index is 14.3. The molecule has 1 heterocycles. The number of carbonyl (C=O) groups is 1. The molecule has 0 spiro atoms. The molecule has 1 aromatic heterocycles. The molecule has 5 heteroatoms. The number of H-pyrrole nitrogens is 1. The van der Waals surface area contributed by atoms with Gasteiger partial charge in [-0.1, -0.05) is 6.08 Å². The Morgan fingerprint density at radius 3 is 2.87 bits per heavy atom. The van der Waals surface area contributed by atoms with E-state index in [0.717, 1.165) is 36.2 Å². The van der Waals surface area contributed by atoms with E-state index in [0.29, 0.717) is 18.2 Å². The van der Waals surface area contributed by atoms with Crippen LogP contribution in [0.3, 0.4) is 0 Å². The Morgan fingerprint density at radius 2 is 2.17 bits per heavy atom. The fraction of sp³-hybridized carbons (Fsp3) is 0.389. The van der Waals surface area contributed by atoms with E-state index in [1.165, 1.54) is 7.11 Å². The van der Waals surface area contributed by atoms with Crippen LogP contribution in [0.25, 0.3) is 10.9 Å². The maximum Gasteiger partial charge on any atom is 0.306 e. The highest BCUT2D eigenvalue weighted by molar-refractivity contribution is 5.87. The molecule has 1 atom stereocenters. The molecule has 3 nitrogen and oxygen atoms in total. The summed E-state index contributed by atoms with van der Waals surface area (Å²) in [7, 11) is 1.35. The van der Waals surface area contributed by atoms with Crippen LogP contribution in [0.4, 0.5) is 8.78 Å². The maximum absolute atomic E-state index is 14.3. The molecule has 1 aliphatic rings. The van der Waals surface area contributed by atoms with Crippen LogP contribution in [-0.4, -0.2) is 18.1 Å².